The number of anilines is 1. The second-order valence-electron chi connectivity index (χ2n) is 6.44. The number of pyridine rings is 1. The van der Waals surface area contributed by atoms with Crippen molar-refractivity contribution in [3.05, 3.63) is 57.9 Å². The molecule has 0 saturated carbocycles. The molecule has 0 saturated heterocycles. The largest absolute Gasteiger partial charge is 0.462 e. The molecule has 1 heterocycles. The quantitative estimate of drug-likeness (QED) is 0.394. The number of nitrogens with zero attached hydrogens (tertiary/aromatic N) is 1. The van der Waals surface area contributed by atoms with Crippen LogP contribution in [0.5, 0.6) is 0 Å². The van der Waals surface area contributed by atoms with Gasteiger partial charge in [0, 0.05) is 11.4 Å². The number of rotatable bonds is 8. The van der Waals surface area contributed by atoms with Crippen LogP contribution in [0.2, 0.25) is 5.15 Å². The van der Waals surface area contributed by atoms with Gasteiger partial charge in [0.25, 0.3) is 5.91 Å². The van der Waals surface area contributed by atoms with Gasteiger partial charge in [-0.1, -0.05) is 24.9 Å². The van der Waals surface area contributed by atoms with Crippen LogP contribution in [0.3, 0.4) is 0 Å². The molecule has 1 N–H and O–H groups in total. The maximum absolute atomic E-state index is 12.2. The Hall–Kier alpha value is -2.93. The minimum Gasteiger partial charge on any atom is -0.462 e. The Morgan fingerprint density at radius 1 is 1.07 bits per heavy atom. The lowest BCUT2D eigenvalue weighted by molar-refractivity contribution is -0.119. The van der Waals surface area contributed by atoms with E-state index < -0.39 is 24.5 Å². The van der Waals surface area contributed by atoms with Crippen LogP contribution in [0.15, 0.2) is 30.3 Å². The van der Waals surface area contributed by atoms with Gasteiger partial charge in [-0.05, 0) is 56.2 Å². The number of ether oxygens (including phenoxy) is 2. The summed E-state index contributed by atoms with van der Waals surface area (Å²) >= 11 is 6.00. The van der Waals surface area contributed by atoms with E-state index in [0.717, 1.165) is 12.8 Å². The monoisotopic (exact) mass is 418 g/mol. The van der Waals surface area contributed by atoms with Gasteiger partial charge >= 0.3 is 11.9 Å². The molecule has 0 radical (unpaired) electrons. The van der Waals surface area contributed by atoms with E-state index in [4.69, 9.17) is 21.1 Å². The summed E-state index contributed by atoms with van der Waals surface area (Å²) in [5.41, 5.74) is 2.29. The average Bonchev–Trinajstić information content (AvgIpc) is 2.66. The SMILES string of the molecule is CCCCOC(=O)c1ccc(NC(=O)COC(=O)c2c(C)cc(C)nc2Cl)cc1. The van der Waals surface area contributed by atoms with Gasteiger partial charge in [0.2, 0.25) is 0 Å². The fourth-order valence-electron chi connectivity index (χ4n) is 2.52. The molecule has 0 aliphatic heterocycles. The summed E-state index contributed by atoms with van der Waals surface area (Å²) in [6.45, 7) is 5.38. The molecule has 0 bridgehead atoms. The van der Waals surface area contributed by atoms with Crippen LogP contribution in [0.25, 0.3) is 0 Å². The summed E-state index contributed by atoms with van der Waals surface area (Å²) in [7, 11) is 0. The van der Waals surface area contributed by atoms with Crippen LogP contribution < -0.4 is 5.32 Å². The third-order valence-electron chi connectivity index (χ3n) is 3.97. The minimum atomic E-state index is -0.722. The highest BCUT2D eigenvalue weighted by Crippen LogP contribution is 2.19. The van der Waals surface area contributed by atoms with E-state index in [9.17, 15) is 14.4 Å². The number of nitrogens with one attached hydrogen (secondary N) is 1. The number of hydrogen-bond acceptors (Lipinski definition) is 6. The second-order valence-corrected chi connectivity index (χ2v) is 6.80. The lowest BCUT2D eigenvalue weighted by Gasteiger charge is -2.10. The number of halogens is 1. The predicted octanol–water partition coefficient (Wildman–Crippen LogP) is 4.10. The van der Waals surface area contributed by atoms with Crippen molar-refractivity contribution in [3.63, 3.8) is 0 Å². The molecule has 8 heteroatoms. The van der Waals surface area contributed by atoms with Gasteiger partial charge < -0.3 is 14.8 Å². The smallest absolute Gasteiger partial charge is 0.342 e. The summed E-state index contributed by atoms with van der Waals surface area (Å²) in [5, 5.41) is 2.63. The minimum absolute atomic E-state index is 0.0364. The van der Waals surface area contributed by atoms with Crippen LogP contribution >= 0.6 is 11.6 Å². The van der Waals surface area contributed by atoms with Crippen molar-refractivity contribution in [1.82, 2.24) is 4.98 Å². The number of unbranched alkanes of at least 4 members (excludes halogenated alkanes) is 1. The molecular formula is C21H23ClN2O5. The van der Waals surface area contributed by atoms with Crippen molar-refractivity contribution in [2.45, 2.75) is 33.6 Å². The number of hydrogen-bond donors (Lipinski definition) is 1. The molecule has 29 heavy (non-hydrogen) atoms. The third-order valence-corrected chi connectivity index (χ3v) is 4.25. The first-order valence-corrected chi connectivity index (χ1v) is 9.57. The lowest BCUT2D eigenvalue weighted by atomic mass is 10.1. The molecule has 1 aromatic carbocycles. The fourth-order valence-corrected chi connectivity index (χ4v) is 2.88. The highest BCUT2D eigenvalue weighted by Gasteiger charge is 2.18. The van der Waals surface area contributed by atoms with Crippen molar-refractivity contribution in [2.24, 2.45) is 0 Å². The second kappa shape index (κ2) is 10.6. The fraction of sp³-hybridized carbons (Fsp3) is 0.333. The van der Waals surface area contributed by atoms with Crippen LogP contribution in [0.1, 0.15) is 51.7 Å². The van der Waals surface area contributed by atoms with Gasteiger partial charge in [-0.25, -0.2) is 14.6 Å². The van der Waals surface area contributed by atoms with Gasteiger partial charge in [-0.2, -0.15) is 0 Å². The number of aryl methyl sites for hydroxylation is 2. The Kier molecular flexibility index (Phi) is 8.15. The molecule has 2 rings (SSSR count). The maximum Gasteiger partial charge on any atom is 0.342 e. The normalized spacial score (nSPS) is 10.3. The molecule has 0 unspecified atom stereocenters. The Balaban J connectivity index is 1.88. The highest BCUT2D eigenvalue weighted by molar-refractivity contribution is 6.32. The van der Waals surface area contributed by atoms with Crippen LogP contribution in [-0.4, -0.2) is 36.0 Å². The Morgan fingerprint density at radius 3 is 2.38 bits per heavy atom. The topological polar surface area (TPSA) is 94.6 Å². The number of aromatic nitrogens is 1. The zero-order chi connectivity index (χ0) is 21.4. The summed E-state index contributed by atoms with van der Waals surface area (Å²) < 4.78 is 10.2. The van der Waals surface area contributed by atoms with Gasteiger partial charge in [0.1, 0.15) is 5.15 Å². The van der Waals surface area contributed by atoms with Crippen molar-refractivity contribution in [3.8, 4) is 0 Å². The first kappa shape index (κ1) is 22.4. The van der Waals surface area contributed by atoms with E-state index in [1.54, 1.807) is 44.2 Å². The zero-order valence-corrected chi connectivity index (χ0v) is 17.3. The molecule has 0 aliphatic carbocycles. The van der Waals surface area contributed by atoms with Gasteiger partial charge in [0.15, 0.2) is 6.61 Å². The van der Waals surface area contributed by atoms with Crippen LogP contribution in [0.4, 0.5) is 5.69 Å². The molecule has 0 fully saturated rings. The van der Waals surface area contributed by atoms with Crippen LogP contribution in [-0.2, 0) is 14.3 Å². The molecule has 7 nitrogen and oxygen atoms in total. The average molecular weight is 419 g/mol. The molecular weight excluding hydrogens is 396 g/mol. The molecule has 1 amide bonds. The van der Waals surface area contributed by atoms with Crippen LogP contribution in [0, 0.1) is 13.8 Å². The van der Waals surface area contributed by atoms with Crippen molar-refractivity contribution in [1.29, 1.82) is 0 Å². The molecule has 154 valence electrons. The highest BCUT2D eigenvalue weighted by atomic mass is 35.5. The van der Waals surface area contributed by atoms with Crippen molar-refractivity contribution >= 4 is 35.1 Å². The van der Waals surface area contributed by atoms with E-state index in [1.807, 2.05) is 6.92 Å². The molecule has 0 aliphatic rings. The Bertz CT molecular complexity index is 873. The van der Waals surface area contributed by atoms with E-state index in [-0.39, 0.29) is 10.7 Å². The van der Waals surface area contributed by atoms with E-state index in [1.165, 1.54) is 0 Å². The van der Waals surface area contributed by atoms with E-state index in [2.05, 4.69) is 10.3 Å². The maximum atomic E-state index is 12.2. The number of carbonyl (C=O) groups is 3. The number of amides is 1. The standard InChI is InChI=1S/C21H23ClN2O5/c1-4-5-10-28-20(26)15-6-8-16(9-7-15)24-17(25)12-29-21(27)18-13(2)11-14(3)23-19(18)22/h6-9,11H,4-5,10,12H2,1-3H3,(H,24,25). The summed E-state index contributed by atoms with van der Waals surface area (Å²) in [6.07, 6.45) is 1.75. The number of benzene rings is 1. The Morgan fingerprint density at radius 2 is 1.76 bits per heavy atom. The number of carbonyl (C=O) groups excluding carboxylic acids is 3. The Labute approximate surface area is 174 Å². The van der Waals surface area contributed by atoms with Crippen molar-refractivity contribution < 1.29 is 23.9 Å². The molecule has 0 spiro atoms. The predicted molar refractivity (Wildman–Crippen MR) is 109 cm³/mol. The summed E-state index contributed by atoms with van der Waals surface area (Å²) in [5.74, 6) is -1.66. The van der Waals surface area contributed by atoms with Crippen molar-refractivity contribution in [2.75, 3.05) is 18.5 Å². The third kappa shape index (κ3) is 6.57. The number of esters is 2. The van der Waals surface area contributed by atoms with E-state index in [0.29, 0.717) is 29.1 Å². The first-order chi connectivity index (χ1) is 13.8. The molecule has 2 aromatic rings. The van der Waals surface area contributed by atoms with Gasteiger partial charge in [-0.15, -0.1) is 0 Å². The summed E-state index contributed by atoms with van der Waals surface area (Å²) in [4.78, 5) is 40.1. The van der Waals surface area contributed by atoms with Gasteiger partial charge in [0.05, 0.1) is 17.7 Å². The molecule has 0 atom stereocenters. The molecule has 1 aromatic heterocycles. The van der Waals surface area contributed by atoms with Gasteiger partial charge in [-0.3, -0.25) is 4.79 Å². The first-order valence-electron chi connectivity index (χ1n) is 9.19. The van der Waals surface area contributed by atoms with E-state index >= 15 is 0 Å². The zero-order valence-electron chi connectivity index (χ0n) is 16.6. The lowest BCUT2D eigenvalue weighted by Crippen LogP contribution is -2.21. The summed E-state index contributed by atoms with van der Waals surface area (Å²) in [6, 6.07) is 7.95.